The van der Waals surface area contributed by atoms with E-state index in [1.807, 2.05) is 76.2 Å². The third-order valence-corrected chi connectivity index (χ3v) is 5.13. The number of amides is 2. The quantitative estimate of drug-likeness (QED) is 0.461. The molecule has 0 radical (unpaired) electrons. The maximum absolute atomic E-state index is 13.4. The van der Waals surface area contributed by atoms with Crippen molar-refractivity contribution in [1.29, 1.82) is 0 Å². The second-order valence-corrected chi connectivity index (χ2v) is 8.65. The number of aryl methyl sites for hydroxylation is 1. The van der Waals surface area contributed by atoms with Crippen LogP contribution in [-0.2, 0) is 9.59 Å². The summed E-state index contributed by atoms with van der Waals surface area (Å²) < 4.78 is 0. The number of rotatable bonds is 4. The molecule has 0 bridgehead atoms. The van der Waals surface area contributed by atoms with E-state index in [2.05, 4.69) is 15.3 Å². The third-order valence-electron chi connectivity index (χ3n) is 5.13. The fourth-order valence-electron chi connectivity index (χ4n) is 3.99. The van der Waals surface area contributed by atoms with Gasteiger partial charge in [0.15, 0.2) is 0 Å². The summed E-state index contributed by atoms with van der Waals surface area (Å²) in [4.78, 5) is 30.5. The van der Waals surface area contributed by atoms with Crippen LogP contribution in [0, 0.1) is 6.92 Å². The topological polar surface area (TPSA) is 98.2 Å². The molecule has 156 valence electrons. The van der Waals surface area contributed by atoms with E-state index in [0.29, 0.717) is 6.42 Å². The van der Waals surface area contributed by atoms with Crippen molar-refractivity contribution in [3.8, 4) is 0 Å². The molecule has 1 aliphatic rings. The molecule has 1 N–H and O–H groups in total. The van der Waals surface area contributed by atoms with Crippen LogP contribution in [0.15, 0.2) is 53.6 Å². The SMILES string of the molecule is Cc1cccc2c1N(CC(=O)NC(C)(C)C)C(=O)[C@H](N=[N+]=[N-])C[C@@H]2c1ccccc1. The smallest absolute Gasteiger partial charge is 0.240 e. The molecular formula is C23H27N5O2. The van der Waals surface area contributed by atoms with Gasteiger partial charge >= 0.3 is 0 Å². The first-order chi connectivity index (χ1) is 14.2. The Morgan fingerprint density at radius 1 is 1.20 bits per heavy atom. The number of hydrogen-bond donors (Lipinski definition) is 1. The van der Waals surface area contributed by atoms with Crippen LogP contribution in [0.5, 0.6) is 0 Å². The monoisotopic (exact) mass is 405 g/mol. The predicted molar refractivity (Wildman–Crippen MR) is 117 cm³/mol. The fraction of sp³-hybridized carbons (Fsp3) is 0.391. The average molecular weight is 406 g/mol. The minimum absolute atomic E-state index is 0.128. The van der Waals surface area contributed by atoms with Crippen molar-refractivity contribution in [2.24, 2.45) is 5.11 Å². The number of benzene rings is 2. The van der Waals surface area contributed by atoms with Gasteiger partial charge in [0, 0.05) is 16.4 Å². The number of azide groups is 1. The summed E-state index contributed by atoms with van der Waals surface area (Å²) >= 11 is 0. The predicted octanol–water partition coefficient (Wildman–Crippen LogP) is 4.46. The third kappa shape index (κ3) is 4.63. The Morgan fingerprint density at radius 3 is 2.53 bits per heavy atom. The molecule has 0 aromatic heterocycles. The second kappa shape index (κ2) is 8.59. The Balaban J connectivity index is 2.14. The van der Waals surface area contributed by atoms with Gasteiger partial charge in [-0.25, -0.2) is 0 Å². The highest BCUT2D eigenvalue weighted by Gasteiger charge is 2.37. The van der Waals surface area contributed by atoms with Gasteiger partial charge in [-0.05, 0) is 56.3 Å². The highest BCUT2D eigenvalue weighted by atomic mass is 16.2. The van der Waals surface area contributed by atoms with Gasteiger partial charge in [0.1, 0.15) is 12.6 Å². The first kappa shape index (κ1) is 21.4. The van der Waals surface area contributed by atoms with E-state index in [9.17, 15) is 9.59 Å². The van der Waals surface area contributed by atoms with Gasteiger partial charge in [0.2, 0.25) is 11.8 Å². The number of fused-ring (bicyclic) bond motifs is 1. The van der Waals surface area contributed by atoms with E-state index in [0.717, 1.165) is 22.4 Å². The van der Waals surface area contributed by atoms with Crippen LogP contribution >= 0.6 is 0 Å². The van der Waals surface area contributed by atoms with E-state index in [-0.39, 0.29) is 24.3 Å². The van der Waals surface area contributed by atoms with Gasteiger partial charge in [-0.3, -0.25) is 9.59 Å². The van der Waals surface area contributed by atoms with Gasteiger partial charge in [0.25, 0.3) is 0 Å². The molecule has 7 heteroatoms. The molecule has 2 aromatic carbocycles. The molecule has 1 aliphatic heterocycles. The summed E-state index contributed by atoms with van der Waals surface area (Å²) in [5.41, 5.74) is 12.3. The minimum atomic E-state index is -0.894. The number of carbonyl (C=O) groups is 2. The summed E-state index contributed by atoms with van der Waals surface area (Å²) in [6.45, 7) is 7.47. The highest BCUT2D eigenvalue weighted by molar-refractivity contribution is 6.03. The van der Waals surface area contributed by atoms with E-state index in [1.165, 1.54) is 4.90 Å². The van der Waals surface area contributed by atoms with Crippen molar-refractivity contribution in [3.63, 3.8) is 0 Å². The van der Waals surface area contributed by atoms with Crippen LogP contribution in [0.25, 0.3) is 10.4 Å². The zero-order chi connectivity index (χ0) is 21.9. The van der Waals surface area contributed by atoms with E-state index >= 15 is 0 Å². The lowest BCUT2D eigenvalue weighted by Crippen LogP contribution is -2.49. The molecule has 0 aliphatic carbocycles. The standard InChI is InChI=1S/C23H27N5O2/c1-15-9-8-12-17-18(16-10-6-5-7-11-16)13-19(26-27-24)22(30)28(21(15)17)14-20(29)25-23(2,3)4/h5-12,18-19H,13-14H2,1-4H3,(H,25,29)/t18-,19-/m1/s1. The number of hydrogen-bond acceptors (Lipinski definition) is 3. The Kier molecular flexibility index (Phi) is 6.13. The van der Waals surface area contributed by atoms with E-state index in [1.54, 1.807) is 0 Å². The first-order valence-electron chi connectivity index (χ1n) is 10.0. The van der Waals surface area contributed by atoms with Crippen molar-refractivity contribution in [3.05, 3.63) is 75.7 Å². The molecule has 0 unspecified atom stereocenters. The fourth-order valence-corrected chi connectivity index (χ4v) is 3.99. The van der Waals surface area contributed by atoms with Gasteiger partial charge < -0.3 is 10.2 Å². The molecule has 3 rings (SSSR count). The van der Waals surface area contributed by atoms with Crippen LogP contribution in [0.3, 0.4) is 0 Å². The highest BCUT2D eigenvalue weighted by Crippen LogP contribution is 2.41. The van der Waals surface area contributed by atoms with Crippen LogP contribution in [-0.4, -0.2) is 29.9 Å². The number of para-hydroxylation sites is 1. The normalized spacial score (nSPS) is 18.8. The van der Waals surface area contributed by atoms with Crippen LogP contribution in [0.4, 0.5) is 5.69 Å². The molecule has 0 spiro atoms. The maximum Gasteiger partial charge on any atom is 0.240 e. The molecule has 0 saturated heterocycles. The molecule has 2 atom stereocenters. The van der Waals surface area contributed by atoms with Gasteiger partial charge in [-0.15, -0.1) is 0 Å². The molecular weight excluding hydrogens is 378 g/mol. The lowest BCUT2D eigenvalue weighted by atomic mass is 9.85. The van der Waals surface area contributed by atoms with Crippen molar-refractivity contribution in [2.75, 3.05) is 11.4 Å². The molecule has 0 fully saturated rings. The van der Waals surface area contributed by atoms with Crippen LogP contribution in [0.1, 0.15) is 49.8 Å². The Hall–Kier alpha value is -3.31. The number of nitrogens with zero attached hydrogens (tertiary/aromatic N) is 4. The lowest BCUT2D eigenvalue weighted by molar-refractivity contribution is -0.125. The summed E-state index contributed by atoms with van der Waals surface area (Å²) in [5.74, 6) is -0.745. The maximum atomic E-state index is 13.4. The molecule has 0 saturated carbocycles. The molecule has 7 nitrogen and oxygen atoms in total. The first-order valence-corrected chi connectivity index (χ1v) is 10.0. The molecule has 30 heavy (non-hydrogen) atoms. The van der Waals surface area contributed by atoms with Crippen molar-refractivity contribution in [1.82, 2.24) is 5.32 Å². The van der Waals surface area contributed by atoms with Gasteiger partial charge in [-0.2, -0.15) is 0 Å². The zero-order valence-electron chi connectivity index (χ0n) is 17.8. The Morgan fingerprint density at radius 2 is 1.90 bits per heavy atom. The van der Waals surface area contributed by atoms with Gasteiger partial charge in [-0.1, -0.05) is 53.6 Å². The Labute approximate surface area is 176 Å². The van der Waals surface area contributed by atoms with Crippen molar-refractivity contribution < 1.29 is 9.59 Å². The molecule has 2 aromatic rings. The summed E-state index contributed by atoms with van der Waals surface area (Å²) in [6.07, 6.45) is 0.348. The lowest BCUT2D eigenvalue weighted by Gasteiger charge is -2.28. The van der Waals surface area contributed by atoms with Gasteiger partial charge in [0.05, 0.1) is 5.69 Å². The van der Waals surface area contributed by atoms with Crippen molar-refractivity contribution in [2.45, 2.75) is 51.6 Å². The average Bonchev–Trinajstić information content (AvgIpc) is 2.79. The summed E-state index contributed by atoms with van der Waals surface area (Å²) in [6, 6.07) is 14.8. The Bertz CT molecular complexity index is 990. The van der Waals surface area contributed by atoms with E-state index < -0.39 is 11.6 Å². The second-order valence-electron chi connectivity index (χ2n) is 8.65. The molecule has 1 heterocycles. The number of nitrogens with one attached hydrogen (secondary N) is 1. The summed E-state index contributed by atoms with van der Waals surface area (Å²) in [5, 5.41) is 6.71. The van der Waals surface area contributed by atoms with Crippen LogP contribution in [0.2, 0.25) is 0 Å². The zero-order valence-corrected chi connectivity index (χ0v) is 17.8. The van der Waals surface area contributed by atoms with Crippen LogP contribution < -0.4 is 10.2 Å². The largest absolute Gasteiger partial charge is 0.350 e. The summed E-state index contributed by atoms with van der Waals surface area (Å²) in [7, 11) is 0. The van der Waals surface area contributed by atoms with Crippen molar-refractivity contribution >= 4 is 17.5 Å². The van der Waals surface area contributed by atoms with E-state index in [4.69, 9.17) is 5.53 Å². The number of carbonyl (C=O) groups excluding carboxylic acids is 2. The minimum Gasteiger partial charge on any atom is -0.350 e. The molecule has 2 amide bonds. The number of anilines is 1.